The number of carbonyl (C=O) groups excluding carboxylic acids is 1. The van der Waals surface area contributed by atoms with Crippen LogP contribution in [0.25, 0.3) is 10.6 Å². The third kappa shape index (κ3) is 1.97. The van der Waals surface area contributed by atoms with E-state index in [-0.39, 0.29) is 11.2 Å². The van der Waals surface area contributed by atoms with Crippen LogP contribution in [0.3, 0.4) is 0 Å². The first-order valence-corrected chi connectivity index (χ1v) is 6.80. The molecule has 0 aromatic carbocycles. The largest absolute Gasteiger partial charge is 0.293 e. The van der Waals surface area contributed by atoms with Gasteiger partial charge in [-0.15, -0.1) is 11.3 Å². The molecule has 0 unspecified atom stereocenters. The first-order valence-electron chi connectivity index (χ1n) is 5.98. The number of thiazole rings is 1. The second-order valence-electron chi connectivity index (χ2n) is 5.48. The molecule has 92 valence electrons. The average molecular weight is 258 g/mol. The fraction of sp³-hybridized carbons (Fsp3) is 0.357. The Hall–Kier alpha value is -1.55. The normalized spacial score (nSPS) is 17.6. The summed E-state index contributed by atoms with van der Waals surface area (Å²) in [7, 11) is 0. The van der Waals surface area contributed by atoms with Crippen LogP contribution in [0, 0.1) is 5.41 Å². The Bertz CT molecular complexity index is 602. The van der Waals surface area contributed by atoms with E-state index in [0.29, 0.717) is 6.42 Å². The number of rotatable bonds is 1. The van der Waals surface area contributed by atoms with Crippen molar-refractivity contribution in [2.24, 2.45) is 5.41 Å². The van der Waals surface area contributed by atoms with E-state index in [2.05, 4.69) is 23.8 Å². The summed E-state index contributed by atoms with van der Waals surface area (Å²) < 4.78 is 0. The molecule has 0 radical (unpaired) electrons. The van der Waals surface area contributed by atoms with Crippen LogP contribution in [0.4, 0.5) is 0 Å². The molecule has 0 fully saturated rings. The molecule has 0 bridgehead atoms. The zero-order valence-electron chi connectivity index (χ0n) is 10.4. The molecule has 0 amide bonds. The van der Waals surface area contributed by atoms with Gasteiger partial charge in [-0.2, -0.15) is 0 Å². The summed E-state index contributed by atoms with van der Waals surface area (Å²) >= 11 is 1.50. The minimum atomic E-state index is 0.0321. The van der Waals surface area contributed by atoms with Gasteiger partial charge in [0.1, 0.15) is 5.01 Å². The van der Waals surface area contributed by atoms with E-state index in [9.17, 15) is 4.79 Å². The van der Waals surface area contributed by atoms with Gasteiger partial charge in [0.2, 0.25) is 0 Å². The van der Waals surface area contributed by atoms with Gasteiger partial charge in [0.25, 0.3) is 0 Å². The van der Waals surface area contributed by atoms with Crippen molar-refractivity contribution in [1.82, 2.24) is 9.97 Å². The topological polar surface area (TPSA) is 42.9 Å². The molecule has 0 saturated heterocycles. The smallest absolute Gasteiger partial charge is 0.175 e. The van der Waals surface area contributed by atoms with Crippen LogP contribution in [-0.2, 0) is 6.42 Å². The summed E-state index contributed by atoms with van der Waals surface area (Å²) in [5.74, 6) is 0.230. The lowest BCUT2D eigenvalue weighted by atomic mass is 9.78. The molecule has 2 aromatic rings. The first-order chi connectivity index (χ1) is 8.55. The number of pyridine rings is 1. The van der Waals surface area contributed by atoms with Gasteiger partial charge >= 0.3 is 0 Å². The maximum absolute atomic E-state index is 12.1. The number of fused-ring (bicyclic) bond motifs is 1. The first kappa shape index (κ1) is 11.5. The predicted octanol–water partition coefficient (Wildman–Crippen LogP) is 3.36. The molecule has 1 aliphatic rings. The fourth-order valence-electron chi connectivity index (χ4n) is 2.33. The SMILES string of the molecule is CC1(C)CC(=O)c2sc(-c3cccnc3)nc2C1. The van der Waals surface area contributed by atoms with Crippen LogP contribution in [0.2, 0.25) is 0 Å². The third-order valence-electron chi connectivity index (χ3n) is 3.14. The van der Waals surface area contributed by atoms with Gasteiger partial charge in [0.05, 0.1) is 10.6 Å². The molecule has 0 atom stereocenters. The maximum atomic E-state index is 12.1. The van der Waals surface area contributed by atoms with Crippen LogP contribution in [0.15, 0.2) is 24.5 Å². The predicted molar refractivity (Wildman–Crippen MR) is 71.8 cm³/mol. The van der Waals surface area contributed by atoms with E-state index in [0.717, 1.165) is 27.6 Å². The van der Waals surface area contributed by atoms with E-state index in [1.807, 2.05) is 12.1 Å². The molecule has 2 heterocycles. The molecule has 0 spiro atoms. The molecule has 0 saturated carbocycles. The van der Waals surface area contributed by atoms with Gasteiger partial charge in [-0.3, -0.25) is 9.78 Å². The second-order valence-corrected chi connectivity index (χ2v) is 6.48. The van der Waals surface area contributed by atoms with Crippen molar-refractivity contribution in [3.8, 4) is 10.6 Å². The molecule has 3 rings (SSSR count). The summed E-state index contributed by atoms with van der Waals surface area (Å²) in [6.07, 6.45) is 5.03. The van der Waals surface area contributed by atoms with Crippen molar-refractivity contribution in [3.63, 3.8) is 0 Å². The highest BCUT2D eigenvalue weighted by Crippen LogP contribution is 2.39. The van der Waals surface area contributed by atoms with Crippen LogP contribution in [0.1, 0.15) is 35.6 Å². The summed E-state index contributed by atoms with van der Waals surface area (Å²) in [5.41, 5.74) is 1.98. The summed E-state index contributed by atoms with van der Waals surface area (Å²) in [6.45, 7) is 4.24. The van der Waals surface area contributed by atoms with Gasteiger partial charge in [0, 0.05) is 24.4 Å². The van der Waals surface area contributed by atoms with E-state index < -0.39 is 0 Å². The molecule has 0 aliphatic heterocycles. The van der Waals surface area contributed by atoms with Gasteiger partial charge in [-0.25, -0.2) is 4.98 Å². The molecule has 0 N–H and O–H groups in total. The Kier molecular flexibility index (Phi) is 2.55. The van der Waals surface area contributed by atoms with E-state index >= 15 is 0 Å². The van der Waals surface area contributed by atoms with E-state index in [4.69, 9.17) is 0 Å². The zero-order valence-corrected chi connectivity index (χ0v) is 11.3. The number of Topliss-reactive ketones (excluding diaryl/α,β-unsaturated/α-hetero) is 1. The number of hydrogen-bond donors (Lipinski definition) is 0. The summed E-state index contributed by atoms with van der Waals surface area (Å²) in [6, 6.07) is 3.87. The number of aromatic nitrogens is 2. The van der Waals surface area contributed by atoms with Crippen molar-refractivity contribution in [3.05, 3.63) is 35.1 Å². The highest BCUT2D eigenvalue weighted by Gasteiger charge is 2.33. The van der Waals surface area contributed by atoms with Gasteiger partial charge in [-0.1, -0.05) is 13.8 Å². The zero-order chi connectivity index (χ0) is 12.8. The number of ketones is 1. The lowest BCUT2D eigenvalue weighted by Crippen LogP contribution is -2.25. The van der Waals surface area contributed by atoms with Gasteiger partial charge in [-0.05, 0) is 24.0 Å². The molecule has 2 aromatic heterocycles. The highest BCUT2D eigenvalue weighted by molar-refractivity contribution is 7.17. The number of carbonyl (C=O) groups is 1. The minimum Gasteiger partial charge on any atom is -0.293 e. The number of hydrogen-bond acceptors (Lipinski definition) is 4. The molecule has 1 aliphatic carbocycles. The van der Waals surface area contributed by atoms with Crippen LogP contribution < -0.4 is 0 Å². The molecule has 4 heteroatoms. The quantitative estimate of drug-likeness (QED) is 0.787. The third-order valence-corrected chi connectivity index (χ3v) is 4.33. The minimum absolute atomic E-state index is 0.0321. The monoisotopic (exact) mass is 258 g/mol. The Morgan fingerprint density at radius 2 is 2.17 bits per heavy atom. The van der Waals surface area contributed by atoms with Crippen molar-refractivity contribution in [1.29, 1.82) is 0 Å². The Morgan fingerprint density at radius 3 is 2.89 bits per heavy atom. The van der Waals surface area contributed by atoms with Crippen LogP contribution in [0.5, 0.6) is 0 Å². The van der Waals surface area contributed by atoms with Crippen LogP contribution >= 0.6 is 11.3 Å². The van der Waals surface area contributed by atoms with Crippen molar-refractivity contribution >= 4 is 17.1 Å². The summed E-state index contributed by atoms with van der Waals surface area (Å²) in [4.78, 5) is 21.7. The highest BCUT2D eigenvalue weighted by atomic mass is 32.1. The van der Waals surface area contributed by atoms with Crippen molar-refractivity contribution < 1.29 is 4.79 Å². The van der Waals surface area contributed by atoms with Crippen molar-refractivity contribution in [2.45, 2.75) is 26.7 Å². The number of nitrogens with zero attached hydrogens (tertiary/aromatic N) is 2. The lowest BCUT2D eigenvalue weighted by Gasteiger charge is -2.26. The molecular weight excluding hydrogens is 244 g/mol. The Morgan fingerprint density at radius 1 is 1.33 bits per heavy atom. The Balaban J connectivity index is 2.06. The molecular formula is C14H14N2OS. The maximum Gasteiger partial charge on any atom is 0.175 e. The fourth-order valence-corrected chi connectivity index (χ4v) is 3.34. The molecule has 3 nitrogen and oxygen atoms in total. The van der Waals surface area contributed by atoms with Crippen molar-refractivity contribution in [2.75, 3.05) is 0 Å². The Labute approximate surface area is 110 Å². The lowest BCUT2D eigenvalue weighted by molar-refractivity contribution is 0.0916. The van der Waals surface area contributed by atoms with Gasteiger partial charge in [0.15, 0.2) is 5.78 Å². The molecule has 18 heavy (non-hydrogen) atoms. The van der Waals surface area contributed by atoms with E-state index in [1.54, 1.807) is 12.4 Å². The van der Waals surface area contributed by atoms with E-state index in [1.165, 1.54) is 11.3 Å². The second kappa shape index (κ2) is 3.99. The average Bonchev–Trinajstić information content (AvgIpc) is 2.72. The van der Waals surface area contributed by atoms with Gasteiger partial charge < -0.3 is 0 Å². The summed E-state index contributed by atoms with van der Waals surface area (Å²) in [5, 5.41) is 0.902. The van der Waals surface area contributed by atoms with Crippen LogP contribution in [-0.4, -0.2) is 15.8 Å². The standard InChI is InChI=1S/C14H14N2OS/c1-14(2)6-10-12(11(17)7-14)18-13(16-10)9-4-3-5-15-8-9/h3-5,8H,6-7H2,1-2H3.